The van der Waals surface area contributed by atoms with Crippen LogP contribution in [-0.2, 0) is 4.79 Å². The Labute approximate surface area is 100 Å². The number of carboxylic acids is 1. The van der Waals surface area contributed by atoms with Crippen LogP contribution in [-0.4, -0.2) is 65.1 Å². The third-order valence-corrected chi connectivity index (χ3v) is 2.28. The van der Waals surface area contributed by atoms with Gasteiger partial charge in [-0.3, -0.25) is 0 Å². The second-order valence-corrected chi connectivity index (χ2v) is 3.73. The summed E-state index contributed by atoms with van der Waals surface area (Å²) in [6.45, 7) is -0.0372. The van der Waals surface area contributed by atoms with Gasteiger partial charge in [0.15, 0.2) is 6.04 Å². The van der Waals surface area contributed by atoms with Gasteiger partial charge in [-0.2, -0.15) is 0 Å². The van der Waals surface area contributed by atoms with Crippen LogP contribution in [0, 0.1) is 0 Å². The molecule has 0 aromatic carbocycles. The molecule has 0 aliphatic rings. The van der Waals surface area contributed by atoms with Crippen LogP contribution in [0.1, 0.15) is 19.3 Å². The zero-order valence-corrected chi connectivity index (χ0v) is 9.93. The Kier molecular flexibility index (Phi) is 8.08. The third kappa shape index (κ3) is 6.75. The zero-order chi connectivity index (χ0) is 13.3. The Morgan fingerprint density at radius 3 is 2.35 bits per heavy atom. The van der Waals surface area contributed by atoms with E-state index in [9.17, 15) is 9.59 Å². The van der Waals surface area contributed by atoms with E-state index in [1.165, 1.54) is 4.90 Å². The Bertz CT molecular complexity index is 247. The van der Waals surface area contributed by atoms with Crippen LogP contribution in [0.4, 0.5) is 4.79 Å². The van der Waals surface area contributed by atoms with Gasteiger partial charge in [0.1, 0.15) is 0 Å². The quantitative estimate of drug-likeness (QED) is 0.422. The first kappa shape index (κ1) is 15.7. The van der Waals surface area contributed by atoms with E-state index >= 15 is 0 Å². The van der Waals surface area contributed by atoms with Crippen LogP contribution < -0.4 is 5.32 Å². The second-order valence-electron chi connectivity index (χ2n) is 3.73. The maximum absolute atomic E-state index is 11.5. The van der Waals surface area contributed by atoms with Crippen molar-refractivity contribution in [3.05, 3.63) is 0 Å². The van der Waals surface area contributed by atoms with Crippen LogP contribution in [0.15, 0.2) is 0 Å². The molecule has 2 amide bonds. The van der Waals surface area contributed by atoms with Crippen molar-refractivity contribution in [2.45, 2.75) is 25.3 Å². The number of carbonyl (C=O) groups is 2. The van der Waals surface area contributed by atoms with E-state index in [-0.39, 0.29) is 6.61 Å². The first-order valence-corrected chi connectivity index (χ1v) is 5.49. The number of aliphatic carboxylic acids is 1. The maximum Gasteiger partial charge on any atom is 0.328 e. The van der Waals surface area contributed by atoms with Crippen molar-refractivity contribution in [1.29, 1.82) is 0 Å². The van der Waals surface area contributed by atoms with Crippen LogP contribution in [0.5, 0.6) is 0 Å². The van der Waals surface area contributed by atoms with Gasteiger partial charge in [0.05, 0.1) is 6.61 Å². The molecule has 7 nitrogen and oxygen atoms in total. The van der Waals surface area contributed by atoms with Crippen molar-refractivity contribution < 1.29 is 24.9 Å². The van der Waals surface area contributed by atoms with E-state index in [4.69, 9.17) is 15.3 Å². The molecule has 0 aromatic rings. The molecule has 0 radical (unpaired) electrons. The predicted octanol–water partition coefficient (Wildman–Crippen LogP) is -0.764. The fourth-order valence-electron chi connectivity index (χ4n) is 1.18. The average molecular weight is 248 g/mol. The monoisotopic (exact) mass is 248 g/mol. The summed E-state index contributed by atoms with van der Waals surface area (Å²) in [5, 5.41) is 28.1. The molecule has 0 aromatic heterocycles. The largest absolute Gasteiger partial charge is 0.480 e. The molecular formula is C10H20N2O5. The summed E-state index contributed by atoms with van der Waals surface area (Å²) >= 11 is 0. The molecule has 0 saturated heterocycles. The van der Waals surface area contributed by atoms with Crippen molar-refractivity contribution in [3.63, 3.8) is 0 Å². The molecule has 0 aliphatic heterocycles. The minimum atomic E-state index is -1.28. The number of aliphatic hydroxyl groups is 2. The Hall–Kier alpha value is -1.34. The number of amides is 2. The molecule has 0 heterocycles. The fraction of sp³-hybridized carbons (Fsp3) is 0.800. The number of carbonyl (C=O) groups excluding carboxylic acids is 1. The number of unbranched alkanes of at least 4 members (excludes halogenated alkanes) is 2. The smallest absolute Gasteiger partial charge is 0.328 e. The number of nitrogens with zero attached hydrogens (tertiary/aromatic N) is 1. The van der Waals surface area contributed by atoms with Crippen LogP contribution in [0.3, 0.4) is 0 Å². The first-order valence-electron chi connectivity index (χ1n) is 5.49. The predicted molar refractivity (Wildman–Crippen MR) is 60.6 cm³/mol. The fourth-order valence-corrected chi connectivity index (χ4v) is 1.18. The number of carboxylic acid groups (broad SMARTS) is 1. The van der Waals surface area contributed by atoms with Crippen molar-refractivity contribution in [2.75, 3.05) is 26.8 Å². The van der Waals surface area contributed by atoms with Gasteiger partial charge in [-0.15, -0.1) is 0 Å². The van der Waals surface area contributed by atoms with Gasteiger partial charge >= 0.3 is 12.0 Å². The minimum Gasteiger partial charge on any atom is -0.480 e. The SMILES string of the molecule is CN(CCCCCO)C(=O)N[C@@H](CO)C(=O)O. The van der Waals surface area contributed by atoms with Gasteiger partial charge in [0.2, 0.25) is 0 Å². The number of nitrogens with one attached hydrogen (secondary N) is 1. The van der Waals surface area contributed by atoms with E-state index in [0.29, 0.717) is 13.0 Å². The van der Waals surface area contributed by atoms with Crippen LogP contribution in [0.25, 0.3) is 0 Å². The van der Waals surface area contributed by atoms with E-state index in [1.807, 2.05) is 0 Å². The summed E-state index contributed by atoms with van der Waals surface area (Å²) in [5.74, 6) is -1.27. The van der Waals surface area contributed by atoms with E-state index in [0.717, 1.165) is 12.8 Å². The highest BCUT2D eigenvalue weighted by molar-refractivity contribution is 5.82. The number of aliphatic hydroxyl groups excluding tert-OH is 2. The average Bonchev–Trinajstić information content (AvgIpc) is 2.30. The lowest BCUT2D eigenvalue weighted by atomic mass is 10.2. The Balaban J connectivity index is 3.91. The van der Waals surface area contributed by atoms with Gasteiger partial charge in [-0.1, -0.05) is 0 Å². The molecule has 17 heavy (non-hydrogen) atoms. The van der Waals surface area contributed by atoms with Gasteiger partial charge < -0.3 is 25.5 Å². The zero-order valence-electron chi connectivity index (χ0n) is 9.93. The molecule has 0 fully saturated rings. The standard InChI is InChI=1S/C10H20N2O5/c1-12(5-3-2-4-6-13)10(17)11-8(7-14)9(15)16/h8,13-14H,2-7H2,1H3,(H,11,17)(H,15,16)/t8-/m0/s1. The van der Waals surface area contributed by atoms with Crippen molar-refractivity contribution >= 4 is 12.0 Å². The highest BCUT2D eigenvalue weighted by Gasteiger charge is 2.20. The molecule has 1 atom stereocenters. The van der Waals surface area contributed by atoms with Crippen molar-refractivity contribution in [2.24, 2.45) is 0 Å². The summed E-state index contributed by atoms with van der Waals surface area (Å²) in [7, 11) is 1.55. The van der Waals surface area contributed by atoms with Crippen LogP contribution >= 0.6 is 0 Å². The normalized spacial score (nSPS) is 11.9. The van der Waals surface area contributed by atoms with Crippen LogP contribution in [0.2, 0.25) is 0 Å². The summed E-state index contributed by atoms with van der Waals surface area (Å²) in [6.07, 6.45) is 2.22. The summed E-state index contributed by atoms with van der Waals surface area (Å²) in [6, 6.07) is -1.81. The van der Waals surface area contributed by atoms with Crippen molar-refractivity contribution in [3.8, 4) is 0 Å². The summed E-state index contributed by atoms with van der Waals surface area (Å²) in [4.78, 5) is 23.4. The molecule has 0 saturated carbocycles. The number of hydrogen-bond donors (Lipinski definition) is 4. The highest BCUT2D eigenvalue weighted by Crippen LogP contribution is 1.97. The Morgan fingerprint density at radius 1 is 1.24 bits per heavy atom. The Morgan fingerprint density at radius 2 is 1.88 bits per heavy atom. The lowest BCUT2D eigenvalue weighted by molar-refractivity contribution is -0.140. The van der Waals surface area contributed by atoms with Gasteiger partial charge in [0.25, 0.3) is 0 Å². The minimum absolute atomic E-state index is 0.126. The molecule has 4 N–H and O–H groups in total. The number of rotatable bonds is 8. The molecule has 7 heteroatoms. The van der Waals surface area contributed by atoms with Gasteiger partial charge in [0, 0.05) is 20.2 Å². The molecule has 0 aliphatic carbocycles. The van der Waals surface area contributed by atoms with Gasteiger partial charge in [-0.25, -0.2) is 9.59 Å². The summed E-state index contributed by atoms with van der Waals surface area (Å²) < 4.78 is 0. The topological polar surface area (TPSA) is 110 Å². The van der Waals surface area contributed by atoms with E-state index in [1.54, 1.807) is 7.05 Å². The molecule has 0 bridgehead atoms. The summed E-state index contributed by atoms with van der Waals surface area (Å²) in [5.41, 5.74) is 0. The number of urea groups is 1. The maximum atomic E-state index is 11.5. The first-order chi connectivity index (χ1) is 8.02. The second kappa shape index (κ2) is 8.77. The lowest BCUT2D eigenvalue weighted by Crippen LogP contribution is -2.48. The van der Waals surface area contributed by atoms with E-state index in [2.05, 4.69) is 5.32 Å². The number of hydrogen-bond acceptors (Lipinski definition) is 4. The van der Waals surface area contributed by atoms with Gasteiger partial charge in [-0.05, 0) is 19.3 Å². The lowest BCUT2D eigenvalue weighted by Gasteiger charge is -2.20. The molecular weight excluding hydrogens is 228 g/mol. The molecule has 0 rings (SSSR count). The highest BCUT2D eigenvalue weighted by atomic mass is 16.4. The van der Waals surface area contributed by atoms with E-state index < -0.39 is 24.6 Å². The third-order valence-electron chi connectivity index (χ3n) is 2.28. The molecule has 0 spiro atoms. The molecule has 100 valence electrons. The molecule has 0 unspecified atom stereocenters. The van der Waals surface area contributed by atoms with Crippen molar-refractivity contribution in [1.82, 2.24) is 10.2 Å².